The van der Waals surface area contributed by atoms with Gasteiger partial charge in [-0.25, -0.2) is 0 Å². The zero-order chi connectivity index (χ0) is 8.55. The Bertz CT molecular complexity index is 403. The SMILES string of the molecule is [B]c1cc2ccc(CC)cc2[nH]1. The minimum atomic E-state index is 0.734. The van der Waals surface area contributed by atoms with Crippen LogP contribution in [0.4, 0.5) is 0 Å². The molecule has 1 nitrogen and oxygen atoms in total. The summed E-state index contributed by atoms with van der Waals surface area (Å²) in [7, 11) is 5.63. The predicted octanol–water partition coefficient (Wildman–Crippen LogP) is 1.52. The summed E-state index contributed by atoms with van der Waals surface area (Å²) in [4.78, 5) is 3.11. The fraction of sp³-hybridized carbons (Fsp3) is 0.200. The van der Waals surface area contributed by atoms with Crippen LogP contribution in [0, 0.1) is 0 Å². The zero-order valence-corrected chi connectivity index (χ0v) is 7.09. The van der Waals surface area contributed by atoms with Crippen molar-refractivity contribution in [1.82, 2.24) is 4.98 Å². The normalized spacial score (nSPS) is 10.8. The largest absolute Gasteiger partial charge is 0.368 e. The van der Waals surface area contributed by atoms with Gasteiger partial charge in [0, 0.05) is 5.52 Å². The summed E-state index contributed by atoms with van der Waals surface area (Å²) >= 11 is 0. The molecule has 0 aliphatic heterocycles. The third-order valence-electron chi connectivity index (χ3n) is 2.12. The first kappa shape index (κ1) is 7.47. The molecule has 0 atom stereocenters. The van der Waals surface area contributed by atoms with Crippen LogP contribution >= 0.6 is 0 Å². The van der Waals surface area contributed by atoms with Gasteiger partial charge in [-0.15, -0.1) is 0 Å². The van der Waals surface area contributed by atoms with Crippen molar-refractivity contribution < 1.29 is 0 Å². The van der Waals surface area contributed by atoms with Crippen LogP contribution in [0.25, 0.3) is 10.9 Å². The molecule has 0 aliphatic carbocycles. The summed E-state index contributed by atoms with van der Waals surface area (Å²) in [6.07, 6.45) is 1.06. The van der Waals surface area contributed by atoms with Crippen molar-refractivity contribution in [3.8, 4) is 0 Å². The fourth-order valence-corrected chi connectivity index (χ4v) is 1.42. The van der Waals surface area contributed by atoms with Crippen molar-refractivity contribution in [3.05, 3.63) is 29.8 Å². The number of nitrogens with one attached hydrogen (secondary N) is 1. The maximum Gasteiger partial charge on any atom is 0.138 e. The third kappa shape index (κ3) is 1.13. The number of aryl methyl sites for hydroxylation is 1. The lowest BCUT2D eigenvalue weighted by atomic mass is 10.1. The molecule has 2 rings (SSSR count). The maximum atomic E-state index is 5.63. The Hall–Kier alpha value is -1.18. The lowest BCUT2D eigenvalue weighted by Gasteiger charge is -1.95. The first-order valence-corrected chi connectivity index (χ1v) is 4.16. The second-order valence-electron chi connectivity index (χ2n) is 3.00. The number of fused-ring (bicyclic) bond motifs is 1. The van der Waals surface area contributed by atoms with Gasteiger partial charge in [-0.2, -0.15) is 0 Å². The third-order valence-corrected chi connectivity index (χ3v) is 2.12. The molecule has 0 amide bonds. The number of aromatic amines is 1. The molecule has 0 aliphatic rings. The molecule has 0 saturated heterocycles. The van der Waals surface area contributed by atoms with Gasteiger partial charge in [-0.3, -0.25) is 0 Å². The van der Waals surface area contributed by atoms with Crippen molar-refractivity contribution in [2.75, 3.05) is 0 Å². The topological polar surface area (TPSA) is 15.8 Å². The van der Waals surface area contributed by atoms with Crippen LogP contribution < -0.4 is 5.59 Å². The second-order valence-corrected chi connectivity index (χ2v) is 3.00. The average molecular weight is 155 g/mol. The predicted molar refractivity (Wildman–Crippen MR) is 53.1 cm³/mol. The van der Waals surface area contributed by atoms with Crippen LogP contribution in [0.15, 0.2) is 24.3 Å². The van der Waals surface area contributed by atoms with E-state index in [2.05, 4.69) is 30.1 Å². The van der Waals surface area contributed by atoms with E-state index in [9.17, 15) is 0 Å². The van der Waals surface area contributed by atoms with E-state index in [0.29, 0.717) is 0 Å². The quantitative estimate of drug-likeness (QED) is 0.601. The Balaban J connectivity index is 2.66. The summed E-state index contributed by atoms with van der Waals surface area (Å²) in [5, 5.41) is 1.18. The number of hydrogen-bond acceptors (Lipinski definition) is 0. The van der Waals surface area contributed by atoms with E-state index >= 15 is 0 Å². The smallest absolute Gasteiger partial charge is 0.138 e. The van der Waals surface area contributed by atoms with Gasteiger partial charge in [-0.05, 0) is 35.1 Å². The van der Waals surface area contributed by atoms with Gasteiger partial charge < -0.3 is 4.98 Å². The molecule has 0 fully saturated rings. The molecule has 0 unspecified atom stereocenters. The highest BCUT2D eigenvalue weighted by Crippen LogP contribution is 2.12. The molecule has 0 saturated carbocycles. The molecule has 1 aromatic heterocycles. The lowest BCUT2D eigenvalue weighted by molar-refractivity contribution is 1.14. The van der Waals surface area contributed by atoms with Crippen molar-refractivity contribution in [2.24, 2.45) is 0 Å². The molecule has 2 aromatic rings. The van der Waals surface area contributed by atoms with E-state index in [1.807, 2.05) is 6.07 Å². The van der Waals surface area contributed by atoms with Crippen LogP contribution in [0.5, 0.6) is 0 Å². The first-order chi connectivity index (χ1) is 5.79. The summed E-state index contributed by atoms with van der Waals surface area (Å²) in [6, 6.07) is 8.33. The number of benzene rings is 1. The van der Waals surface area contributed by atoms with Crippen molar-refractivity contribution in [3.63, 3.8) is 0 Å². The summed E-state index contributed by atoms with van der Waals surface area (Å²) in [5.41, 5.74) is 3.20. The van der Waals surface area contributed by atoms with Crippen LogP contribution in [0.1, 0.15) is 12.5 Å². The number of H-pyrrole nitrogens is 1. The van der Waals surface area contributed by atoms with Crippen LogP contribution in [0.2, 0.25) is 0 Å². The highest BCUT2D eigenvalue weighted by Gasteiger charge is 1.96. The van der Waals surface area contributed by atoms with E-state index in [1.165, 1.54) is 10.9 Å². The Labute approximate surface area is 73.2 Å². The summed E-state index contributed by atoms with van der Waals surface area (Å²) < 4.78 is 0. The molecule has 2 heteroatoms. The highest BCUT2D eigenvalue weighted by molar-refractivity contribution is 6.32. The van der Waals surface area contributed by atoms with Crippen LogP contribution in [0.3, 0.4) is 0 Å². The molecule has 1 heterocycles. The van der Waals surface area contributed by atoms with Gasteiger partial charge in [0.1, 0.15) is 7.85 Å². The molecule has 1 aromatic carbocycles. The van der Waals surface area contributed by atoms with E-state index in [0.717, 1.165) is 17.5 Å². The number of rotatable bonds is 1. The van der Waals surface area contributed by atoms with E-state index in [1.54, 1.807) is 0 Å². The van der Waals surface area contributed by atoms with Gasteiger partial charge in [-0.1, -0.05) is 19.1 Å². The van der Waals surface area contributed by atoms with E-state index < -0.39 is 0 Å². The zero-order valence-electron chi connectivity index (χ0n) is 7.09. The van der Waals surface area contributed by atoms with Gasteiger partial charge in [0.15, 0.2) is 0 Å². The first-order valence-electron chi connectivity index (χ1n) is 4.16. The summed E-state index contributed by atoms with van der Waals surface area (Å²) in [5.74, 6) is 0. The minimum Gasteiger partial charge on any atom is -0.368 e. The number of hydrogen-bond donors (Lipinski definition) is 1. The van der Waals surface area contributed by atoms with E-state index in [4.69, 9.17) is 7.85 Å². The monoisotopic (exact) mass is 155 g/mol. The Morgan fingerprint density at radius 3 is 2.92 bits per heavy atom. The molecule has 0 spiro atoms. The van der Waals surface area contributed by atoms with Gasteiger partial charge in [0.2, 0.25) is 0 Å². The maximum absolute atomic E-state index is 5.63. The Morgan fingerprint density at radius 1 is 1.33 bits per heavy atom. The van der Waals surface area contributed by atoms with Crippen LogP contribution in [-0.2, 0) is 6.42 Å². The number of aromatic nitrogens is 1. The molecule has 58 valence electrons. The van der Waals surface area contributed by atoms with Gasteiger partial charge >= 0.3 is 0 Å². The van der Waals surface area contributed by atoms with Crippen molar-refractivity contribution >= 4 is 24.3 Å². The van der Waals surface area contributed by atoms with Crippen LogP contribution in [-0.4, -0.2) is 12.8 Å². The Morgan fingerprint density at radius 2 is 2.17 bits per heavy atom. The van der Waals surface area contributed by atoms with Crippen molar-refractivity contribution in [2.45, 2.75) is 13.3 Å². The molecular weight excluding hydrogens is 145 g/mol. The fourth-order valence-electron chi connectivity index (χ4n) is 1.42. The lowest BCUT2D eigenvalue weighted by Crippen LogP contribution is -1.99. The van der Waals surface area contributed by atoms with Gasteiger partial charge in [0.05, 0.1) is 0 Å². The van der Waals surface area contributed by atoms with Crippen molar-refractivity contribution in [1.29, 1.82) is 0 Å². The van der Waals surface area contributed by atoms with E-state index in [-0.39, 0.29) is 0 Å². The minimum absolute atomic E-state index is 0.734. The Kier molecular flexibility index (Phi) is 1.68. The molecule has 2 radical (unpaired) electrons. The standard InChI is InChI=1S/C10H10BN/c1-2-7-3-4-8-6-10(11)12-9(8)5-7/h3-6,12H,2H2,1H3. The molecule has 0 bridgehead atoms. The average Bonchev–Trinajstić information content (AvgIpc) is 2.43. The summed E-state index contributed by atoms with van der Waals surface area (Å²) in [6.45, 7) is 2.15. The second kappa shape index (κ2) is 2.70. The van der Waals surface area contributed by atoms with Gasteiger partial charge in [0.25, 0.3) is 0 Å². The highest BCUT2D eigenvalue weighted by atomic mass is 14.7. The molecule has 12 heavy (non-hydrogen) atoms. The molecular formula is C10H10BN. The molecule has 1 N–H and O–H groups in total.